The average Bonchev–Trinajstić information content (AvgIpc) is 3.05. The van der Waals surface area contributed by atoms with Crippen LogP contribution in [0.4, 0.5) is 5.69 Å². The predicted molar refractivity (Wildman–Crippen MR) is 126 cm³/mol. The van der Waals surface area contributed by atoms with Crippen molar-refractivity contribution in [3.05, 3.63) is 45.6 Å². The lowest BCUT2D eigenvalue weighted by molar-refractivity contribution is -0.114. The van der Waals surface area contributed by atoms with Crippen LogP contribution in [0.2, 0.25) is 0 Å². The highest BCUT2D eigenvalue weighted by atomic mass is 32.2. The molecule has 2 aromatic rings. The Morgan fingerprint density at radius 3 is 2.41 bits per heavy atom. The van der Waals surface area contributed by atoms with Crippen LogP contribution in [0.3, 0.4) is 0 Å². The topological polar surface area (TPSA) is 95.6 Å². The molecule has 1 aliphatic heterocycles. The van der Waals surface area contributed by atoms with Crippen molar-refractivity contribution in [3.63, 3.8) is 0 Å². The van der Waals surface area contributed by atoms with Crippen LogP contribution in [0.5, 0.6) is 0 Å². The zero-order chi connectivity index (χ0) is 22.7. The molecule has 2 aliphatic rings. The quantitative estimate of drug-likeness (QED) is 0.647. The molecular weight excluding hydrogens is 446 g/mol. The fourth-order valence-electron chi connectivity index (χ4n) is 4.34. The normalized spacial score (nSPS) is 17.9. The Morgan fingerprint density at radius 1 is 1.03 bits per heavy atom. The van der Waals surface area contributed by atoms with Gasteiger partial charge in [-0.25, -0.2) is 8.42 Å². The first kappa shape index (κ1) is 22.9. The number of aryl methyl sites for hydroxylation is 2. The van der Waals surface area contributed by atoms with Crippen LogP contribution < -0.4 is 10.6 Å². The van der Waals surface area contributed by atoms with Crippen molar-refractivity contribution in [2.24, 2.45) is 0 Å². The fraction of sp³-hybridized carbons (Fsp3) is 0.478. The van der Waals surface area contributed by atoms with Gasteiger partial charge in [0.15, 0.2) is 0 Å². The molecule has 0 saturated carbocycles. The molecular formula is C23H29N3O4S2. The minimum absolute atomic E-state index is 0.0296. The molecule has 1 aliphatic carbocycles. The van der Waals surface area contributed by atoms with Gasteiger partial charge in [-0.2, -0.15) is 4.31 Å². The number of carbonyl (C=O) groups excluding carboxylic acids is 2. The van der Waals surface area contributed by atoms with E-state index in [1.165, 1.54) is 53.1 Å². The number of hydrogen-bond donors (Lipinski definition) is 2. The second-order valence-electron chi connectivity index (χ2n) is 8.48. The third-order valence-electron chi connectivity index (χ3n) is 6.07. The molecule has 0 spiro atoms. The van der Waals surface area contributed by atoms with Gasteiger partial charge in [0.05, 0.1) is 9.77 Å². The summed E-state index contributed by atoms with van der Waals surface area (Å²) in [7, 11) is -3.61. The number of hydrogen-bond acceptors (Lipinski definition) is 5. The van der Waals surface area contributed by atoms with Gasteiger partial charge < -0.3 is 10.6 Å². The van der Waals surface area contributed by atoms with Gasteiger partial charge in [0, 0.05) is 36.6 Å². The molecule has 1 saturated heterocycles. The maximum absolute atomic E-state index is 13.0. The summed E-state index contributed by atoms with van der Waals surface area (Å²) >= 11 is 1.61. The monoisotopic (exact) mass is 475 g/mol. The lowest BCUT2D eigenvalue weighted by Crippen LogP contribution is -2.46. The first-order chi connectivity index (χ1) is 15.3. The number of thiophene rings is 1. The number of nitrogens with one attached hydrogen (secondary N) is 2. The summed E-state index contributed by atoms with van der Waals surface area (Å²) < 4.78 is 27.4. The van der Waals surface area contributed by atoms with Crippen molar-refractivity contribution >= 4 is 38.9 Å². The largest absolute Gasteiger partial charge is 0.349 e. The first-order valence-corrected chi connectivity index (χ1v) is 13.4. The molecule has 172 valence electrons. The molecule has 0 atom stereocenters. The zero-order valence-electron chi connectivity index (χ0n) is 18.2. The molecule has 2 N–H and O–H groups in total. The van der Waals surface area contributed by atoms with Crippen molar-refractivity contribution < 1.29 is 18.0 Å². The maximum atomic E-state index is 13.0. The van der Waals surface area contributed by atoms with Gasteiger partial charge in [0.1, 0.15) is 0 Å². The van der Waals surface area contributed by atoms with Crippen LogP contribution in [-0.2, 0) is 27.7 Å². The fourth-order valence-corrected chi connectivity index (χ4v) is 6.97. The second-order valence-corrected chi connectivity index (χ2v) is 11.6. The smallest absolute Gasteiger partial charge is 0.261 e. The van der Waals surface area contributed by atoms with E-state index in [-0.39, 0.29) is 22.8 Å². The maximum Gasteiger partial charge on any atom is 0.261 e. The van der Waals surface area contributed by atoms with Crippen LogP contribution >= 0.6 is 11.3 Å². The Hall–Kier alpha value is -2.23. The van der Waals surface area contributed by atoms with E-state index in [4.69, 9.17) is 0 Å². The van der Waals surface area contributed by atoms with Gasteiger partial charge in [-0.15, -0.1) is 11.3 Å². The van der Waals surface area contributed by atoms with Gasteiger partial charge in [-0.3, -0.25) is 9.59 Å². The van der Waals surface area contributed by atoms with Gasteiger partial charge >= 0.3 is 0 Å². The molecule has 1 aromatic heterocycles. The van der Waals surface area contributed by atoms with Crippen LogP contribution in [0, 0.1) is 0 Å². The number of rotatable bonds is 5. The molecule has 0 radical (unpaired) electrons. The molecule has 1 fully saturated rings. The van der Waals surface area contributed by atoms with E-state index in [2.05, 4.69) is 10.6 Å². The molecule has 32 heavy (non-hydrogen) atoms. The third kappa shape index (κ3) is 5.22. The molecule has 4 rings (SSSR count). The Labute approximate surface area is 193 Å². The summed E-state index contributed by atoms with van der Waals surface area (Å²) in [5, 5.41) is 5.74. The van der Waals surface area contributed by atoms with E-state index in [1.807, 2.05) is 6.07 Å². The number of benzene rings is 1. The van der Waals surface area contributed by atoms with Crippen molar-refractivity contribution in [1.82, 2.24) is 9.62 Å². The lowest BCUT2D eigenvalue weighted by Gasteiger charge is -2.31. The number of sulfonamides is 1. The van der Waals surface area contributed by atoms with Crippen LogP contribution in [0.15, 0.2) is 35.2 Å². The number of piperidine rings is 1. The van der Waals surface area contributed by atoms with E-state index in [9.17, 15) is 18.0 Å². The summed E-state index contributed by atoms with van der Waals surface area (Å²) in [4.78, 5) is 26.2. The molecule has 0 bridgehead atoms. The average molecular weight is 476 g/mol. The van der Waals surface area contributed by atoms with E-state index < -0.39 is 10.0 Å². The molecule has 2 amide bonds. The van der Waals surface area contributed by atoms with Gasteiger partial charge in [-0.1, -0.05) is 6.42 Å². The zero-order valence-corrected chi connectivity index (χ0v) is 19.9. The van der Waals surface area contributed by atoms with Crippen molar-refractivity contribution in [2.45, 2.75) is 62.8 Å². The Morgan fingerprint density at radius 2 is 1.72 bits per heavy atom. The number of amides is 2. The Balaban J connectivity index is 1.33. The lowest BCUT2D eigenvalue weighted by atomic mass is 10.1. The van der Waals surface area contributed by atoms with E-state index in [0.29, 0.717) is 31.6 Å². The standard InChI is InChI=1S/C23H29N3O4S2/c1-16(27)24-18-7-9-20(10-8-18)32(29,30)26-13-11-19(12-14-26)25-23(28)22-15-17-5-3-2-4-6-21(17)31-22/h7-10,15,19H,2-6,11-14H2,1H3,(H,24,27)(H,25,28). The number of nitrogens with zero attached hydrogens (tertiary/aromatic N) is 1. The van der Waals surface area contributed by atoms with Crippen molar-refractivity contribution in [3.8, 4) is 0 Å². The molecule has 7 nitrogen and oxygen atoms in total. The highest BCUT2D eigenvalue weighted by Crippen LogP contribution is 2.29. The number of fused-ring (bicyclic) bond motifs is 1. The van der Waals surface area contributed by atoms with Gasteiger partial charge in [0.2, 0.25) is 15.9 Å². The molecule has 0 unspecified atom stereocenters. The van der Waals surface area contributed by atoms with Crippen LogP contribution in [-0.4, -0.2) is 43.7 Å². The summed E-state index contributed by atoms with van der Waals surface area (Å²) in [5.74, 6) is -0.249. The summed E-state index contributed by atoms with van der Waals surface area (Å²) in [6, 6.07) is 8.21. The predicted octanol–water partition coefficient (Wildman–Crippen LogP) is 3.56. The summed E-state index contributed by atoms with van der Waals surface area (Å²) in [6.45, 7) is 2.13. The molecule has 1 aromatic carbocycles. The number of anilines is 1. The highest BCUT2D eigenvalue weighted by Gasteiger charge is 2.30. The first-order valence-electron chi connectivity index (χ1n) is 11.1. The summed E-state index contributed by atoms with van der Waals surface area (Å²) in [6.07, 6.45) is 6.92. The van der Waals surface area contributed by atoms with Crippen molar-refractivity contribution in [2.75, 3.05) is 18.4 Å². The summed E-state index contributed by atoms with van der Waals surface area (Å²) in [5.41, 5.74) is 1.88. The minimum Gasteiger partial charge on any atom is -0.349 e. The van der Waals surface area contributed by atoms with Crippen LogP contribution in [0.25, 0.3) is 0 Å². The Kier molecular flexibility index (Phi) is 6.97. The molecule has 2 heterocycles. The SMILES string of the molecule is CC(=O)Nc1ccc(S(=O)(=O)N2CCC(NC(=O)c3cc4c(s3)CCCCC4)CC2)cc1. The minimum atomic E-state index is -3.61. The van der Waals surface area contributed by atoms with E-state index in [0.717, 1.165) is 17.7 Å². The second kappa shape index (κ2) is 9.72. The highest BCUT2D eigenvalue weighted by molar-refractivity contribution is 7.89. The van der Waals surface area contributed by atoms with Gasteiger partial charge in [-0.05, 0) is 74.4 Å². The molecule has 9 heteroatoms. The van der Waals surface area contributed by atoms with Crippen LogP contribution in [0.1, 0.15) is 59.1 Å². The van der Waals surface area contributed by atoms with E-state index in [1.54, 1.807) is 23.5 Å². The third-order valence-corrected chi connectivity index (χ3v) is 9.22. The van der Waals surface area contributed by atoms with Crippen molar-refractivity contribution in [1.29, 1.82) is 0 Å². The van der Waals surface area contributed by atoms with Gasteiger partial charge in [0.25, 0.3) is 5.91 Å². The van der Waals surface area contributed by atoms with E-state index >= 15 is 0 Å². The Bertz CT molecular complexity index is 1060. The number of carbonyl (C=O) groups is 2.